The normalized spacial score (nSPS) is 16.2. The number of carbonyl (C=O) groups excluding carboxylic acids is 3. The molecule has 1 aromatic carbocycles. The second-order valence-electron chi connectivity index (χ2n) is 6.77. The number of nitrogens with zero attached hydrogens (tertiary/aromatic N) is 1. The van der Waals surface area contributed by atoms with Crippen LogP contribution in [0.2, 0.25) is 0 Å². The van der Waals surface area contributed by atoms with E-state index in [0.717, 1.165) is 6.42 Å². The smallest absolute Gasteiger partial charge is 0.338 e. The van der Waals surface area contributed by atoms with E-state index in [1.165, 1.54) is 7.11 Å². The Labute approximate surface area is 176 Å². The highest BCUT2D eigenvalue weighted by Crippen LogP contribution is 2.32. The van der Waals surface area contributed by atoms with E-state index in [9.17, 15) is 14.4 Å². The summed E-state index contributed by atoms with van der Waals surface area (Å²) in [4.78, 5) is 38.9. The zero-order chi connectivity index (χ0) is 22.1. The van der Waals surface area contributed by atoms with Gasteiger partial charge in [0.15, 0.2) is 0 Å². The largest absolute Gasteiger partial charge is 0.460 e. The molecule has 1 heterocycles. The van der Waals surface area contributed by atoms with Gasteiger partial charge in [0.25, 0.3) is 0 Å². The molecule has 164 valence electrons. The molecule has 0 bridgehead atoms. The van der Waals surface area contributed by atoms with Crippen molar-refractivity contribution in [1.29, 1.82) is 0 Å². The monoisotopic (exact) mass is 418 g/mol. The van der Waals surface area contributed by atoms with Crippen molar-refractivity contribution in [2.24, 2.45) is 0 Å². The van der Waals surface area contributed by atoms with Gasteiger partial charge in [0.1, 0.15) is 6.61 Å². The Hall–Kier alpha value is -3.07. The Bertz CT molecular complexity index is 808. The Balaban J connectivity index is 2.39. The molecule has 3 N–H and O–H groups in total. The number of benzene rings is 1. The second kappa shape index (κ2) is 11.2. The zero-order valence-corrected chi connectivity index (χ0v) is 17.9. The van der Waals surface area contributed by atoms with Crippen LogP contribution in [0.15, 0.2) is 35.5 Å². The highest BCUT2D eigenvalue weighted by molar-refractivity contribution is 5.95. The second-order valence-corrected chi connectivity index (χ2v) is 6.77. The zero-order valence-electron chi connectivity index (χ0n) is 17.9. The maximum Gasteiger partial charge on any atom is 0.338 e. The lowest BCUT2D eigenvalue weighted by molar-refractivity contribution is -0.140. The van der Waals surface area contributed by atoms with Crippen LogP contribution in [-0.2, 0) is 14.3 Å². The van der Waals surface area contributed by atoms with Crippen molar-refractivity contribution in [3.05, 3.63) is 41.1 Å². The molecular weight excluding hydrogens is 388 g/mol. The van der Waals surface area contributed by atoms with E-state index < -0.39 is 12.0 Å². The number of amides is 4. The third-order valence-corrected chi connectivity index (χ3v) is 4.60. The fraction of sp³-hybridized carbons (Fsp3) is 0.476. The van der Waals surface area contributed by atoms with Gasteiger partial charge in [0, 0.05) is 31.6 Å². The van der Waals surface area contributed by atoms with Gasteiger partial charge in [-0.3, -0.25) is 4.90 Å². The standard InChI is InChI=1S/C21H30N4O5/c1-5-10-25-14(3)17(19(26)30-12-11-29-4)18(24-21(25)28)15-8-7-9-16(13-15)23-20(27)22-6-2/h7-9,13,18H,5-6,10-12H2,1-4H3,(H,24,28)(H2,22,23,27). The number of allylic oxidation sites excluding steroid dienone is 1. The highest BCUT2D eigenvalue weighted by atomic mass is 16.6. The van der Waals surface area contributed by atoms with Crippen LogP contribution >= 0.6 is 0 Å². The molecule has 9 nitrogen and oxygen atoms in total. The molecular formula is C21H30N4O5. The molecule has 1 atom stereocenters. The lowest BCUT2D eigenvalue weighted by Crippen LogP contribution is -2.48. The van der Waals surface area contributed by atoms with E-state index in [4.69, 9.17) is 9.47 Å². The molecule has 1 aliphatic heterocycles. The van der Waals surface area contributed by atoms with Gasteiger partial charge >= 0.3 is 18.0 Å². The molecule has 4 amide bonds. The summed E-state index contributed by atoms with van der Waals surface area (Å²) in [5.74, 6) is -0.516. The predicted molar refractivity (Wildman–Crippen MR) is 113 cm³/mol. The fourth-order valence-corrected chi connectivity index (χ4v) is 3.22. The van der Waals surface area contributed by atoms with Crippen molar-refractivity contribution in [2.75, 3.05) is 38.7 Å². The molecule has 0 fully saturated rings. The number of nitrogens with one attached hydrogen (secondary N) is 3. The molecule has 0 radical (unpaired) electrons. The summed E-state index contributed by atoms with van der Waals surface area (Å²) in [6, 6.07) is 5.70. The Morgan fingerprint density at radius 3 is 2.67 bits per heavy atom. The van der Waals surface area contributed by atoms with E-state index in [2.05, 4.69) is 16.0 Å². The minimum Gasteiger partial charge on any atom is -0.460 e. The van der Waals surface area contributed by atoms with E-state index in [-0.39, 0.29) is 25.3 Å². The third-order valence-electron chi connectivity index (χ3n) is 4.60. The number of methoxy groups -OCH3 is 1. The number of hydrogen-bond donors (Lipinski definition) is 3. The van der Waals surface area contributed by atoms with Gasteiger partial charge in [-0.25, -0.2) is 14.4 Å². The Morgan fingerprint density at radius 1 is 1.23 bits per heavy atom. The van der Waals surface area contributed by atoms with Gasteiger partial charge in [0.05, 0.1) is 18.2 Å². The summed E-state index contributed by atoms with van der Waals surface area (Å²) in [5, 5.41) is 8.29. The molecule has 2 rings (SSSR count). The van der Waals surface area contributed by atoms with Crippen molar-refractivity contribution in [1.82, 2.24) is 15.5 Å². The maximum absolute atomic E-state index is 12.9. The van der Waals surface area contributed by atoms with Crippen LogP contribution in [0.3, 0.4) is 0 Å². The van der Waals surface area contributed by atoms with Crippen LogP contribution < -0.4 is 16.0 Å². The molecule has 1 aliphatic rings. The van der Waals surface area contributed by atoms with Crippen LogP contribution in [0.5, 0.6) is 0 Å². The molecule has 0 aromatic heterocycles. The molecule has 9 heteroatoms. The van der Waals surface area contributed by atoms with Gasteiger partial charge in [0.2, 0.25) is 0 Å². The van der Waals surface area contributed by atoms with Crippen LogP contribution in [0.1, 0.15) is 38.8 Å². The molecule has 1 unspecified atom stereocenters. The summed E-state index contributed by atoms with van der Waals surface area (Å²) in [5.41, 5.74) is 2.12. The number of ether oxygens (including phenoxy) is 2. The first-order chi connectivity index (χ1) is 14.4. The molecule has 0 saturated carbocycles. The minimum atomic E-state index is -0.698. The first-order valence-electron chi connectivity index (χ1n) is 10.0. The van der Waals surface area contributed by atoms with Crippen molar-refractivity contribution in [3.8, 4) is 0 Å². The summed E-state index contributed by atoms with van der Waals surface area (Å²) in [7, 11) is 1.53. The van der Waals surface area contributed by atoms with E-state index in [1.807, 2.05) is 13.8 Å². The van der Waals surface area contributed by atoms with Crippen LogP contribution in [-0.4, -0.2) is 56.3 Å². The van der Waals surface area contributed by atoms with Gasteiger partial charge in [-0.05, 0) is 38.0 Å². The van der Waals surface area contributed by atoms with Crippen molar-refractivity contribution < 1.29 is 23.9 Å². The lowest BCUT2D eigenvalue weighted by atomic mass is 9.94. The van der Waals surface area contributed by atoms with E-state index in [1.54, 1.807) is 36.1 Å². The van der Waals surface area contributed by atoms with Gasteiger partial charge in [-0.1, -0.05) is 19.1 Å². The SMILES string of the molecule is CCCN1C(=O)NC(c2cccc(NC(=O)NCC)c2)C(C(=O)OCCOC)=C1C. The Kier molecular flexibility index (Phi) is 8.67. The number of hydrogen-bond acceptors (Lipinski definition) is 5. The summed E-state index contributed by atoms with van der Waals surface area (Å²) in [6.45, 7) is 6.89. The van der Waals surface area contributed by atoms with Crippen molar-refractivity contribution in [2.45, 2.75) is 33.2 Å². The van der Waals surface area contributed by atoms with Crippen LogP contribution in [0.4, 0.5) is 15.3 Å². The van der Waals surface area contributed by atoms with Crippen molar-refractivity contribution >= 4 is 23.7 Å². The molecule has 0 saturated heterocycles. The molecule has 1 aromatic rings. The number of esters is 1. The fourth-order valence-electron chi connectivity index (χ4n) is 3.22. The molecule has 0 aliphatic carbocycles. The van der Waals surface area contributed by atoms with Gasteiger partial charge in [-0.2, -0.15) is 0 Å². The quantitative estimate of drug-likeness (QED) is 0.422. The Morgan fingerprint density at radius 2 is 2.00 bits per heavy atom. The number of anilines is 1. The summed E-state index contributed by atoms with van der Waals surface area (Å²) < 4.78 is 10.3. The predicted octanol–water partition coefficient (Wildman–Crippen LogP) is 2.77. The molecule has 30 heavy (non-hydrogen) atoms. The van der Waals surface area contributed by atoms with Crippen LogP contribution in [0, 0.1) is 0 Å². The first-order valence-corrected chi connectivity index (χ1v) is 10.0. The number of urea groups is 2. The summed E-state index contributed by atoms with van der Waals surface area (Å²) in [6.07, 6.45) is 0.743. The van der Waals surface area contributed by atoms with Crippen LogP contribution in [0.25, 0.3) is 0 Å². The van der Waals surface area contributed by atoms with Crippen molar-refractivity contribution in [3.63, 3.8) is 0 Å². The van der Waals surface area contributed by atoms with Gasteiger partial charge in [-0.15, -0.1) is 0 Å². The average molecular weight is 418 g/mol. The molecule has 0 spiro atoms. The van der Waals surface area contributed by atoms with Gasteiger partial charge < -0.3 is 25.4 Å². The number of rotatable bonds is 9. The third kappa shape index (κ3) is 5.73. The maximum atomic E-state index is 12.9. The summed E-state index contributed by atoms with van der Waals surface area (Å²) >= 11 is 0. The van der Waals surface area contributed by atoms with E-state index in [0.29, 0.717) is 35.6 Å². The lowest BCUT2D eigenvalue weighted by Gasteiger charge is -2.35. The highest BCUT2D eigenvalue weighted by Gasteiger charge is 2.36. The first kappa shape index (κ1) is 23.2. The number of carbonyl (C=O) groups is 3. The van der Waals surface area contributed by atoms with E-state index >= 15 is 0 Å². The minimum absolute atomic E-state index is 0.110. The topological polar surface area (TPSA) is 109 Å². The average Bonchev–Trinajstić information content (AvgIpc) is 2.71.